The molecule has 0 bridgehead atoms. The van der Waals surface area contributed by atoms with Gasteiger partial charge in [0, 0.05) is 12.6 Å². The lowest BCUT2D eigenvalue weighted by atomic mass is 10.0. The van der Waals surface area contributed by atoms with E-state index in [2.05, 4.69) is 5.32 Å². The van der Waals surface area contributed by atoms with Crippen molar-refractivity contribution in [1.82, 2.24) is 0 Å². The minimum atomic E-state index is -0.365. The fraction of sp³-hybridized carbons (Fsp3) is 0.231. The van der Waals surface area contributed by atoms with Crippen LogP contribution in [0.15, 0.2) is 54.6 Å². The van der Waals surface area contributed by atoms with Crippen molar-refractivity contribution in [2.75, 3.05) is 31.5 Å². The third-order valence-corrected chi connectivity index (χ3v) is 5.74. The molecule has 170 valence electrons. The first-order valence-corrected chi connectivity index (χ1v) is 10.6. The second-order valence-electron chi connectivity index (χ2n) is 7.66. The molecule has 7 nitrogen and oxygen atoms in total. The second kappa shape index (κ2) is 9.24. The summed E-state index contributed by atoms with van der Waals surface area (Å²) in [5.41, 5.74) is 4.67. The number of hydrogen-bond acceptors (Lipinski definition) is 5. The van der Waals surface area contributed by atoms with Crippen LogP contribution in [0, 0.1) is 0 Å². The van der Waals surface area contributed by atoms with Gasteiger partial charge in [0.15, 0.2) is 11.5 Å². The van der Waals surface area contributed by atoms with Crippen LogP contribution in [0.1, 0.15) is 28.4 Å². The quantitative estimate of drug-likeness (QED) is 0.612. The monoisotopic (exact) mass is 446 g/mol. The van der Waals surface area contributed by atoms with Crippen molar-refractivity contribution in [3.05, 3.63) is 71.3 Å². The third kappa shape index (κ3) is 4.09. The molecule has 0 atom stereocenters. The zero-order valence-corrected chi connectivity index (χ0v) is 19.1. The Bertz CT molecular complexity index is 1220. The van der Waals surface area contributed by atoms with Gasteiger partial charge in [-0.25, -0.2) is 0 Å². The minimum absolute atomic E-state index is 0.0874. The zero-order valence-electron chi connectivity index (χ0n) is 19.1. The van der Waals surface area contributed by atoms with Crippen LogP contribution in [0.2, 0.25) is 0 Å². The van der Waals surface area contributed by atoms with Gasteiger partial charge in [-0.05, 0) is 54.3 Å². The summed E-state index contributed by atoms with van der Waals surface area (Å²) in [5.74, 6) is 0.635. The van der Waals surface area contributed by atoms with E-state index in [4.69, 9.17) is 14.2 Å². The van der Waals surface area contributed by atoms with Crippen molar-refractivity contribution in [2.45, 2.75) is 19.8 Å². The Kier molecular flexibility index (Phi) is 6.22. The number of fused-ring (bicyclic) bond motifs is 2. The van der Waals surface area contributed by atoms with Crippen molar-refractivity contribution in [3.63, 3.8) is 0 Å². The molecular formula is C26H26N2O5. The number of carbonyl (C=O) groups is 2. The van der Waals surface area contributed by atoms with Crippen LogP contribution < -0.4 is 24.4 Å². The number of nitrogens with one attached hydrogen (secondary N) is 1. The Balaban J connectivity index is 1.71. The predicted molar refractivity (Wildman–Crippen MR) is 127 cm³/mol. The molecule has 1 aliphatic heterocycles. The molecule has 1 aliphatic rings. The van der Waals surface area contributed by atoms with E-state index >= 15 is 0 Å². The van der Waals surface area contributed by atoms with E-state index in [1.165, 1.54) is 21.3 Å². The van der Waals surface area contributed by atoms with Crippen LogP contribution in [0.4, 0.5) is 17.1 Å². The first-order valence-electron chi connectivity index (χ1n) is 10.6. The molecule has 1 N–H and O–H groups in total. The summed E-state index contributed by atoms with van der Waals surface area (Å²) in [6.45, 7) is 1.55. The lowest BCUT2D eigenvalue weighted by Crippen LogP contribution is -2.24. The van der Waals surface area contributed by atoms with Gasteiger partial charge in [0.05, 0.1) is 38.3 Å². The van der Waals surface area contributed by atoms with Crippen molar-refractivity contribution in [1.29, 1.82) is 0 Å². The molecule has 0 saturated carbocycles. The highest BCUT2D eigenvalue weighted by Crippen LogP contribution is 2.41. The molecule has 33 heavy (non-hydrogen) atoms. The van der Waals surface area contributed by atoms with Gasteiger partial charge in [0.25, 0.3) is 5.91 Å². The Morgan fingerprint density at radius 2 is 1.52 bits per heavy atom. The molecule has 4 rings (SSSR count). The Morgan fingerprint density at radius 1 is 0.818 bits per heavy atom. The number of aryl methyl sites for hydroxylation is 2. The van der Waals surface area contributed by atoms with E-state index in [-0.39, 0.29) is 17.6 Å². The molecule has 0 saturated heterocycles. The third-order valence-electron chi connectivity index (χ3n) is 5.74. The first-order chi connectivity index (χ1) is 16.0. The maximum absolute atomic E-state index is 13.1. The number of para-hydroxylation sites is 1. The summed E-state index contributed by atoms with van der Waals surface area (Å²) in [6, 6.07) is 16.8. The number of rotatable bonds is 5. The van der Waals surface area contributed by atoms with E-state index in [0.29, 0.717) is 22.7 Å². The van der Waals surface area contributed by atoms with Gasteiger partial charge in [-0.1, -0.05) is 24.3 Å². The smallest absolute Gasteiger partial charge is 0.259 e. The van der Waals surface area contributed by atoms with Gasteiger partial charge in [-0.15, -0.1) is 0 Å². The van der Waals surface area contributed by atoms with E-state index in [1.807, 2.05) is 42.5 Å². The van der Waals surface area contributed by atoms with Crippen LogP contribution >= 0.6 is 0 Å². The molecule has 0 aliphatic carbocycles. The Labute approximate surface area is 192 Å². The molecule has 0 unspecified atom stereocenters. The summed E-state index contributed by atoms with van der Waals surface area (Å²) >= 11 is 0. The predicted octanol–water partition coefficient (Wildman–Crippen LogP) is 4.75. The highest BCUT2D eigenvalue weighted by atomic mass is 16.5. The lowest BCUT2D eigenvalue weighted by molar-refractivity contribution is -0.115. The maximum atomic E-state index is 13.1. The first kappa shape index (κ1) is 22.2. The highest BCUT2D eigenvalue weighted by Gasteiger charge is 2.25. The summed E-state index contributed by atoms with van der Waals surface area (Å²) in [4.78, 5) is 27.5. The number of methoxy groups -OCH3 is 3. The average molecular weight is 447 g/mol. The van der Waals surface area contributed by atoms with Crippen LogP contribution in [-0.4, -0.2) is 33.1 Å². The number of nitrogens with zero attached hydrogens (tertiary/aromatic N) is 1. The van der Waals surface area contributed by atoms with Crippen molar-refractivity contribution in [2.24, 2.45) is 0 Å². The van der Waals surface area contributed by atoms with Crippen molar-refractivity contribution < 1.29 is 23.8 Å². The zero-order chi connectivity index (χ0) is 23.5. The number of benzene rings is 3. The molecule has 2 amide bonds. The fourth-order valence-electron chi connectivity index (χ4n) is 4.22. The summed E-state index contributed by atoms with van der Waals surface area (Å²) in [6.07, 6.45) is 1.63. The average Bonchev–Trinajstić information content (AvgIpc) is 2.99. The Hall–Kier alpha value is -4.00. The lowest BCUT2D eigenvalue weighted by Gasteiger charge is -2.24. The van der Waals surface area contributed by atoms with E-state index in [0.717, 1.165) is 35.3 Å². The summed E-state index contributed by atoms with van der Waals surface area (Å²) in [5, 5.41) is 2.92. The number of anilines is 3. The number of hydrogen-bond donors (Lipinski definition) is 1. The molecule has 7 heteroatoms. The van der Waals surface area contributed by atoms with Crippen molar-refractivity contribution in [3.8, 4) is 17.2 Å². The number of ether oxygens (including phenoxy) is 3. The van der Waals surface area contributed by atoms with Crippen LogP contribution in [0.5, 0.6) is 17.2 Å². The highest BCUT2D eigenvalue weighted by molar-refractivity contribution is 6.08. The molecular weight excluding hydrogens is 420 g/mol. The van der Waals surface area contributed by atoms with E-state index < -0.39 is 0 Å². The SMILES string of the molecule is COc1ccc(C(=O)Nc2ccc3c(c2)N(C(C)=O)c2ccccc2CC3)c(OC)c1OC. The standard InChI is InChI=1S/C26H26N2O5/c1-16(29)28-21-8-6-5-7-17(21)9-10-18-11-12-19(15-22(18)28)27-26(30)20-13-14-23(31-2)25(33-4)24(20)32-3/h5-8,11-15H,9-10H2,1-4H3,(H,27,30). The second-order valence-corrected chi connectivity index (χ2v) is 7.66. The van der Waals surface area contributed by atoms with Crippen LogP contribution in [0.3, 0.4) is 0 Å². The molecule has 1 heterocycles. The van der Waals surface area contributed by atoms with Gasteiger partial charge in [-0.2, -0.15) is 0 Å². The van der Waals surface area contributed by atoms with Gasteiger partial charge in [-0.3, -0.25) is 14.5 Å². The summed E-state index contributed by atoms with van der Waals surface area (Å²) < 4.78 is 16.1. The van der Waals surface area contributed by atoms with Gasteiger partial charge < -0.3 is 19.5 Å². The van der Waals surface area contributed by atoms with E-state index in [1.54, 1.807) is 24.0 Å². The molecule has 0 radical (unpaired) electrons. The van der Waals surface area contributed by atoms with Crippen LogP contribution in [-0.2, 0) is 17.6 Å². The topological polar surface area (TPSA) is 77.1 Å². The van der Waals surface area contributed by atoms with Crippen LogP contribution in [0.25, 0.3) is 0 Å². The maximum Gasteiger partial charge on any atom is 0.259 e. The van der Waals surface area contributed by atoms with Gasteiger partial charge in [0.2, 0.25) is 11.7 Å². The van der Waals surface area contributed by atoms with Gasteiger partial charge >= 0.3 is 0 Å². The Morgan fingerprint density at radius 3 is 2.18 bits per heavy atom. The molecule has 0 spiro atoms. The molecule has 3 aromatic rings. The number of amides is 2. The van der Waals surface area contributed by atoms with Crippen molar-refractivity contribution >= 4 is 28.9 Å². The molecule has 0 fully saturated rings. The normalized spacial score (nSPS) is 12.2. The largest absolute Gasteiger partial charge is 0.493 e. The molecule has 3 aromatic carbocycles. The number of carbonyl (C=O) groups excluding carboxylic acids is 2. The summed E-state index contributed by atoms with van der Waals surface area (Å²) in [7, 11) is 4.48. The van der Waals surface area contributed by atoms with Gasteiger partial charge in [0.1, 0.15) is 0 Å². The van der Waals surface area contributed by atoms with E-state index in [9.17, 15) is 9.59 Å². The minimum Gasteiger partial charge on any atom is -0.493 e. The molecule has 0 aromatic heterocycles. The fourth-order valence-corrected chi connectivity index (χ4v) is 4.22.